The van der Waals surface area contributed by atoms with Crippen LogP contribution in [-0.2, 0) is 26.0 Å². The summed E-state index contributed by atoms with van der Waals surface area (Å²) < 4.78 is 54.7. The van der Waals surface area contributed by atoms with Gasteiger partial charge in [0.25, 0.3) is 15.9 Å². The Morgan fingerprint density at radius 1 is 1.08 bits per heavy atom. The Morgan fingerprint density at radius 3 is 2.48 bits per heavy atom. The molecule has 2 amide bonds. The van der Waals surface area contributed by atoms with E-state index in [9.17, 15) is 27.5 Å². The molecule has 12 heteroatoms. The summed E-state index contributed by atoms with van der Waals surface area (Å²) in [5, 5.41) is 10.2. The molecular formula is C36H46FN3O7S. The van der Waals surface area contributed by atoms with Crippen molar-refractivity contribution in [2.24, 2.45) is 5.92 Å². The minimum Gasteiger partial charge on any atom is -0.490 e. The van der Waals surface area contributed by atoms with E-state index in [0.29, 0.717) is 19.6 Å². The molecule has 2 N–H and O–H groups in total. The number of benzene rings is 3. The van der Waals surface area contributed by atoms with E-state index >= 15 is 0 Å². The fraction of sp³-hybridized carbons (Fsp3) is 0.444. The van der Waals surface area contributed by atoms with Gasteiger partial charge in [-0.3, -0.25) is 14.3 Å². The van der Waals surface area contributed by atoms with Gasteiger partial charge >= 0.3 is 0 Å². The van der Waals surface area contributed by atoms with Gasteiger partial charge in [0.2, 0.25) is 5.91 Å². The highest BCUT2D eigenvalue weighted by atomic mass is 32.2. The number of carbonyl (C=O) groups excluding carboxylic acids is 2. The average molecular weight is 684 g/mol. The van der Waals surface area contributed by atoms with Crippen LogP contribution >= 0.6 is 0 Å². The number of aliphatic hydroxyl groups excluding tert-OH is 1. The van der Waals surface area contributed by atoms with Gasteiger partial charge < -0.3 is 24.4 Å². The van der Waals surface area contributed by atoms with Gasteiger partial charge in [-0.1, -0.05) is 37.3 Å². The summed E-state index contributed by atoms with van der Waals surface area (Å²) in [6.45, 7) is 6.23. The van der Waals surface area contributed by atoms with Gasteiger partial charge in [-0.05, 0) is 81.1 Å². The standard InChI is InChI=1S/C36H46FN3O7S/c1-25-22-40(26(2)24-41)36(43)32-21-30(38-48(44,45)31-16-13-29(37)14-17-31)15-18-33(32)47-27(3)10-8-9-19-46-34(25)23-39(4)35(42)20-28-11-6-5-7-12-28/h5-7,11-18,21,25-27,34,38,41H,8-10,19-20,22-24H2,1-4H3/t25-,26-,27+,34-/m1/s1. The molecule has 4 atom stereocenters. The number of nitrogens with zero attached hydrogens (tertiary/aromatic N) is 2. The number of halogens is 1. The molecule has 260 valence electrons. The normalized spacial score (nSPS) is 20.2. The van der Waals surface area contributed by atoms with Crippen molar-refractivity contribution in [3.8, 4) is 5.75 Å². The zero-order chi connectivity index (χ0) is 34.8. The Labute approximate surface area is 282 Å². The van der Waals surface area contributed by atoms with Crippen molar-refractivity contribution >= 4 is 27.5 Å². The number of likely N-dealkylation sites (N-methyl/N-ethyl adjacent to an activating group) is 1. The first-order chi connectivity index (χ1) is 22.9. The number of anilines is 1. The highest BCUT2D eigenvalue weighted by molar-refractivity contribution is 7.92. The number of nitrogens with one attached hydrogen (secondary N) is 1. The molecule has 0 aliphatic carbocycles. The maximum absolute atomic E-state index is 14.3. The van der Waals surface area contributed by atoms with E-state index in [1.807, 2.05) is 44.2 Å². The molecule has 0 radical (unpaired) electrons. The third-order valence-electron chi connectivity index (χ3n) is 8.51. The van der Waals surface area contributed by atoms with Crippen molar-refractivity contribution in [2.45, 2.75) is 69.6 Å². The lowest BCUT2D eigenvalue weighted by Gasteiger charge is -2.36. The van der Waals surface area contributed by atoms with Crippen LogP contribution in [0.1, 0.15) is 56.0 Å². The van der Waals surface area contributed by atoms with Crippen LogP contribution in [0.25, 0.3) is 0 Å². The number of hydrogen-bond acceptors (Lipinski definition) is 7. The lowest BCUT2D eigenvalue weighted by molar-refractivity contribution is -0.131. The largest absolute Gasteiger partial charge is 0.490 e. The molecule has 4 rings (SSSR count). The maximum atomic E-state index is 14.3. The van der Waals surface area contributed by atoms with Crippen LogP contribution in [0.5, 0.6) is 5.75 Å². The lowest BCUT2D eigenvalue weighted by atomic mass is 10.0. The van der Waals surface area contributed by atoms with Crippen LogP contribution in [0.2, 0.25) is 0 Å². The number of rotatable bonds is 9. The topological polar surface area (TPSA) is 125 Å². The molecule has 3 aromatic carbocycles. The molecule has 1 aliphatic heterocycles. The highest BCUT2D eigenvalue weighted by Crippen LogP contribution is 2.29. The van der Waals surface area contributed by atoms with Crippen LogP contribution < -0.4 is 9.46 Å². The average Bonchev–Trinajstić information content (AvgIpc) is 3.06. The monoisotopic (exact) mass is 683 g/mol. The number of hydrogen-bond donors (Lipinski definition) is 2. The van der Waals surface area contributed by atoms with Gasteiger partial charge in [0.15, 0.2) is 0 Å². The van der Waals surface area contributed by atoms with Gasteiger partial charge in [-0.25, -0.2) is 12.8 Å². The second-order valence-corrected chi connectivity index (χ2v) is 14.2. The zero-order valence-corrected chi connectivity index (χ0v) is 28.8. The molecule has 0 saturated carbocycles. The molecule has 0 aromatic heterocycles. The summed E-state index contributed by atoms with van der Waals surface area (Å²) in [4.78, 5) is 30.5. The second-order valence-electron chi connectivity index (χ2n) is 12.5. The Kier molecular flexibility index (Phi) is 13.0. The molecule has 1 heterocycles. The lowest BCUT2D eigenvalue weighted by Crippen LogP contribution is -2.48. The number of sulfonamides is 1. The van der Waals surface area contributed by atoms with Crippen molar-refractivity contribution < 1.29 is 37.0 Å². The van der Waals surface area contributed by atoms with Gasteiger partial charge in [0.05, 0.1) is 41.7 Å². The van der Waals surface area contributed by atoms with Gasteiger partial charge in [-0.15, -0.1) is 0 Å². The van der Waals surface area contributed by atoms with Crippen molar-refractivity contribution in [1.29, 1.82) is 0 Å². The van der Waals surface area contributed by atoms with Gasteiger partial charge in [-0.2, -0.15) is 0 Å². The molecule has 0 spiro atoms. The number of amides is 2. The second kappa shape index (κ2) is 16.9. The molecule has 0 saturated heterocycles. The molecule has 0 unspecified atom stereocenters. The van der Waals surface area contributed by atoms with Crippen LogP contribution in [0.15, 0.2) is 77.7 Å². The van der Waals surface area contributed by atoms with E-state index in [0.717, 1.165) is 42.7 Å². The summed E-state index contributed by atoms with van der Waals surface area (Å²) in [6.07, 6.45) is 1.85. The predicted octanol–water partition coefficient (Wildman–Crippen LogP) is 5.12. The van der Waals surface area contributed by atoms with Crippen molar-refractivity contribution in [2.75, 3.05) is 38.1 Å². The van der Waals surface area contributed by atoms with Crippen molar-refractivity contribution in [1.82, 2.24) is 9.80 Å². The SMILES string of the molecule is C[C@@H]1CN([C@H](C)CO)C(=O)c2cc(NS(=O)(=O)c3ccc(F)cc3)ccc2O[C@@H](C)CCCCO[C@@H]1CN(C)C(=O)Cc1ccccc1. The first-order valence-corrected chi connectivity index (χ1v) is 17.8. The van der Waals surface area contributed by atoms with E-state index in [-0.39, 0.29) is 59.4 Å². The fourth-order valence-corrected chi connectivity index (χ4v) is 6.60. The summed E-state index contributed by atoms with van der Waals surface area (Å²) in [5.74, 6) is -1.04. The fourth-order valence-electron chi connectivity index (χ4n) is 5.55. The predicted molar refractivity (Wildman–Crippen MR) is 182 cm³/mol. The smallest absolute Gasteiger partial charge is 0.261 e. The van der Waals surface area contributed by atoms with E-state index < -0.39 is 33.9 Å². The van der Waals surface area contributed by atoms with Crippen LogP contribution in [0.3, 0.4) is 0 Å². The van der Waals surface area contributed by atoms with Crippen LogP contribution in [0.4, 0.5) is 10.1 Å². The molecule has 1 aliphatic rings. The Bertz CT molecular complexity index is 1620. The Balaban J connectivity index is 1.63. The summed E-state index contributed by atoms with van der Waals surface area (Å²) in [7, 11) is -2.35. The van der Waals surface area contributed by atoms with E-state index in [1.54, 1.807) is 24.9 Å². The molecule has 0 bridgehead atoms. The first kappa shape index (κ1) is 36.8. The zero-order valence-electron chi connectivity index (χ0n) is 28.0. The molecule has 48 heavy (non-hydrogen) atoms. The highest BCUT2D eigenvalue weighted by Gasteiger charge is 2.31. The maximum Gasteiger partial charge on any atom is 0.261 e. The number of aliphatic hydroxyl groups is 1. The molecule has 10 nitrogen and oxygen atoms in total. The Morgan fingerprint density at radius 2 is 1.79 bits per heavy atom. The summed E-state index contributed by atoms with van der Waals surface area (Å²) in [5.41, 5.74) is 1.16. The van der Waals surface area contributed by atoms with E-state index in [4.69, 9.17) is 9.47 Å². The third kappa shape index (κ3) is 10.0. The van der Waals surface area contributed by atoms with Gasteiger partial charge in [0.1, 0.15) is 11.6 Å². The van der Waals surface area contributed by atoms with Crippen molar-refractivity contribution in [3.63, 3.8) is 0 Å². The van der Waals surface area contributed by atoms with Crippen LogP contribution in [-0.4, -0.2) is 86.7 Å². The number of fused-ring (bicyclic) bond motifs is 1. The summed E-state index contributed by atoms with van der Waals surface area (Å²) >= 11 is 0. The van der Waals surface area contributed by atoms with Gasteiger partial charge in [0, 0.05) is 38.3 Å². The minimum atomic E-state index is -4.09. The minimum absolute atomic E-state index is 0.0522. The third-order valence-corrected chi connectivity index (χ3v) is 9.90. The van der Waals surface area contributed by atoms with E-state index in [2.05, 4.69) is 4.72 Å². The van der Waals surface area contributed by atoms with E-state index in [1.165, 1.54) is 17.0 Å². The summed E-state index contributed by atoms with van der Waals surface area (Å²) in [6, 6.07) is 17.8. The quantitative estimate of drug-likeness (QED) is 0.321. The molecule has 0 fully saturated rings. The Hall–Kier alpha value is -4.00. The van der Waals surface area contributed by atoms with Crippen LogP contribution in [0, 0.1) is 11.7 Å². The molecule has 3 aromatic rings. The van der Waals surface area contributed by atoms with Crippen molar-refractivity contribution in [3.05, 3.63) is 89.7 Å². The molecular weight excluding hydrogens is 637 g/mol. The number of ether oxygens (including phenoxy) is 2. The first-order valence-electron chi connectivity index (χ1n) is 16.3. The number of carbonyl (C=O) groups is 2.